The van der Waals surface area contributed by atoms with Crippen molar-refractivity contribution in [3.63, 3.8) is 0 Å². The minimum Gasteiger partial charge on any atom is -0.391 e. The molecule has 0 fully saturated rings. The van der Waals surface area contributed by atoms with E-state index in [0.29, 0.717) is 25.6 Å². The molecular formula is C16H27N3O2S. The van der Waals surface area contributed by atoms with Crippen molar-refractivity contribution in [1.29, 1.82) is 0 Å². The van der Waals surface area contributed by atoms with E-state index in [1.807, 2.05) is 18.3 Å². The van der Waals surface area contributed by atoms with Crippen LogP contribution >= 0.6 is 11.3 Å². The molecule has 0 radical (unpaired) electrons. The van der Waals surface area contributed by atoms with Crippen molar-refractivity contribution in [2.75, 3.05) is 19.6 Å². The number of aliphatic hydroxyl groups is 1. The summed E-state index contributed by atoms with van der Waals surface area (Å²) in [5.74, 6) is 0. The molecule has 1 aromatic heterocycles. The van der Waals surface area contributed by atoms with E-state index in [4.69, 9.17) is 0 Å². The number of thiophene rings is 1. The van der Waals surface area contributed by atoms with Gasteiger partial charge in [-0.2, -0.15) is 0 Å². The summed E-state index contributed by atoms with van der Waals surface area (Å²) in [7, 11) is 0. The van der Waals surface area contributed by atoms with Gasteiger partial charge in [0.1, 0.15) is 0 Å². The van der Waals surface area contributed by atoms with Crippen LogP contribution < -0.4 is 10.6 Å². The second-order valence-corrected chi connectivity index (χ2v) is 6.97. The highest BCUT2D eigenvalue weighted by Gasteiger charge is 2.21. The molecule has 5 nitrogen and oxygen atoms in total. The van der Waals surface area contributed by atoms with E-state index in [0.717, 1.165) is 25.9 Å². The normalized spacial score (nSPS) is 17.6. The number of hydrogen-bond donors (Lipinski definition) is 3. The maximum absolute atomic E-state index is 11.7. The molecule has 124 valence electrons. The molecule has 22 heavy (non-hydrogen) atoms. The first kappa shape index (κ1) is 17.2. The van der Waals surface area contributed by atoms with Crippen LogP contribution in [0.4, 0.5) is 4.79 Å². The highest BCUT2D eigenvalue weighted by Crippen LogP contribution is 2.24. The molecule has 0 saturated carbocycles. The van der Waals surface area contributed by atoms with Gasteiger partial charge in [0.2, 0.25) is 0 Å². The molecule has 2 unspecified atom stereocenters. The number of hydrogen-bond acceptors (Lipinski definition) is 4. The third-order valence-corrected chi connectivity index (χ3v) is 5.16. The lowest BCUT2D eigenvalue weighted by atomic mass is 10.1. The Labute approximate surface area is 136 Å². The second-order valence-electron chi connectivity index (χ2n) is 5.97. The summed E-state index contributed by atoms with van der Waals surface area (Å²) in [4.78, 5) is 15.6. The van der Waals surface area contributed by atoms with Crippen LogP contribution in [0, 0.1) is 0 Å². The zero-order valence-electron chi connectivity index (χ0n) is 13.5. The van der Waals surface area contributed by atoms with Crippen molar-refractivity contribution in [2.24, 2.45) is 0 Å². The van der Waals surface area contributed by atoms with E-state index < -0.39 is 6.10 Å². The van der Waals surface area contributed by atoms with Crippen LogP contribution in [0.1, 0.15) is 37.1 Å². The fourth-order valence-electron chi connectivity index (χ4n) is 2.72. The van der Waals surface area contributed by atoms with Crippen molar-refractivity contribution < 1.29 is 9.90 Å². The predicted molar refractivity (Wildman–Crippen MR) is 90.2 cm³/mol. The van der Waals surface area contributed by atoms with Gasteiger partial charge in [-0.15, -0.1) is 11.3 Å². The fourth-order valence-corrected chi connectivity index (χ4v) is 3.61. The standard InChI is InChI=1S/C16H27N3O2S/c1-3-4-14(20)10-18-16(21)17-9-12(2)19-7-5-15-13(11-19)6-8-22-15/h6,8,12,14,20H,3-5,7,9-11H2,1-2H3,(H2,17,18,21). The predicted octanol–water partition coefficient (Wildman–Crippen LogP) is 1.95. The lowest BCUT2D eigenvalue weighted by Crippen LogP contribution is -2.47. The second kappa shape index (κ2) is 8.50. The van der Waals surface area contributed by atoms with Gasteiger partial charge in [0.05, 0.1) is 6.10 Å². The number of urea groups is 1. The van der Waals surface area contributed by atoms with Crippen molar-refractivity contribution in [3.05, 3.63) is 21.9 Å². The monoisotopic (exact) mass is 325 g/mol. The van der Waals surface area contributed by atoms with Crippen LogP contribution in [-0.4, -0.2) is 47.8 Å². The van der Waals surface area contributed by atoms with Crippen LogP contribution in [0.25, 0.3) is 0 Å². The Morgan fingerprint density at radius 1 is 1.45 bits per heavy atom. The number of carbonyl (C=O) groups is 1. The largest absolute Gasteiger partial charge is 0.391 e. The molecule has 0 aliphatic carbocycles. The SMILES string of the molecule is CCCC(O)CNC(=O)NCC(C)N1CCc2sccc2C1. The average Bonchev–Trinajstić information content (AvgIpc) is 2.98. The number of aliphatic hydroxyl groups excluding tert-OH is 1. The molecule has 2 amide bonds. The van der Waals surface area contributed by atoms with Crippen molar-refractivity contribution >= 4 is 17.4 Å². The summed E-state index contributed by atoms with van der Waals surface area (Å²) in [5, 5.41) is 17.4. The van der Waals surface area contributed by atoms with Crippen molar-refractivity contribution in [2.45, 2.75) is 51.8 Å². The molecule has 1 aromatic rings. The molecule has 2 atom stereocenters. The Morgan fingerprint density at radius 3 is 3.00 bits per heavy atom. The van der Waals surface area contributed by atoms with Gasteiger partial charge in [-0.05, 0) is 36.8 Å². The van der Waals surface area contributed by atoms with Crippen molar-refractivity contribution in [3.8, 4) is 0 Å². The third kappa shape index (κ3) is 4.97. The molecular weight excluding hydrogens is 298 g/mol. The summed E-state index contributed by atoms with van der Waals surface area (Å²) in [6, 6.07) is 2.31. The maximum Gasteiger partial charge on any atom is 0.314 e. The Hall–Kier alpha value is -1.11. The molecule has 0 aromatic carbocycles. The van der Waals surface area contributed by atoms with Crippen LogP contribution in [-0.2, 0) is 13.0 Å². The van der Waals surface area contributed by atoms with E-state index in [1.54, 1.807) is 0 Å². The molecule has 2 heterocycles. The molecule has 3 N–H and O–H groups in total. The van der Waals surface area contributed by atoms with E-state index in [2.05, 4.69) is 33.9 Å². The van der Waals surface area contributed by atoms with Crippen molar-refractivity contribution in [1.82, 2.24) is 15.5 Å². The van der Waals surface area contributed by atoms with E-state index >= 15 is 0 Å². The third-order valence-electron chi connectivity index (χ3n) is 4.14. The molecule has 0 bridgehead atoms. The first-order chi connectivity index (χ1) is 10.6. The average molecular weight is 325 g/mol. The minimum absolute atomic E-state index is 0.199. The topological polar surface area (TPSA) is 64.6 Å². The first-order valence-electron chi connectivity index (χ1n) is 8.09. The van der Waals surface area contributed by atoms with E-state index in [1.165, 1.54) is 10.4 Å². The van der Waals surface area contributed by atoms with E-state index in [9.17, 15) is 9.90 Å². The van der Waals surface area contributed by atoms with Crippen LogP contribution in [0.3, 0.4) is 0 Å². The van der Waals surface area contributed by atoms with Gasteiger partial charge in [-0.25, -0.2) is 4.79 Å². The maximum atomic E-state index is 11.7. The lowest BCUT2D eigenvalue weighted by Gasteiger charge is -2.32. The van der Waals surface area contributed by atoms with Gasteiger partial charge in [0, 0.05) is 37.1 Å². The molecule has 1 aliphatic heterocycles. The number of nitrogens with zero attached hydrogens (tertiary/aromatic N) is 1. The summed E-state index contributed by atoms with van der Waals surface area (Å²) >= 11 is 1.84. The Morgan fingerprint density at radius 2 is 2.23 bits per heavy atom. The molecule has 1 aliphatic rings. The van der Waals surface area contributed by atoms with Gasteiger partial charge >= 0.3 is 6.03 Å². The molecule has 0 spiro atoms. The molecule has 0 saturated heterocycles. The number of nitrogens with one attached hydrogen (secondary N) is 2. The number of rotatable bonds is 7. The Bertz CT molecular complexity index is 478. The summed E-state index contributed by atoms with van der Waals surface area (Å²) < 4.78 is 0. The zero-order valence-corrected chi connectivity index (χ0v) is 14.3. The van der Waals surface area contributed by atoms with Gasteiger partial charge in [0.25, 0.3) is 0 Å². The van der Waals surface area contributed by atoms with Crippen LogP contribution in [0.2, 0.25) is 0 Å². The Balaban J connectivity index is 1.67. The molecule has 6 heteroatoms. The number of carbonyl (C=O) groups excluding carboxylic acids is 1. The Kier molecular flexibility index (Phi) is 6.67. The number of fused-ring (bicyclic) bond motifs is 1. The molecule has 2 rings (SSSR count). The van der Waals surface area contributed by atoms with Crippen LogP contribution in [0.15, 0.2) is 11.4 Å². The smallest absolute Gasteiger partial charge is 0.314 e. The lowest BCUT2D eigenvalue weighted by molar-refractivity contribution is 0.158. The van der Waals surface area contributed by atoms with E-state index in [-0.39, 0.29) is 6.03 Å². The van der Waals surface area contributed by atoms with Gasteiger partial charge < -0.3 is 15.7 Å². The van der Waals surface area contributed by atoms with Crippen LogP contribution in [0.5, 0.6) is 0 Å². The summed E-state index contributed by atoms with van der Waals surface area (Å²) in [5.41, 5.74) is 1.43. The first-order valence-corrected chi connectivity index (χ1v) is 8.97. The quantitative estimate of drug-likeness (QED) is 0.718. The summed E-state index contributed by atoms with van der Waals surface area (Å²) in [6.45, 7) is 7.11. The fraction of sp³-hybridized carbons (Fsp3) is 0.688. The van der Waals surface area contributed by atoms with Gasteiger partial charge in [-0.3, -0.25) is 4.90 Å². The number of amides is 2. The van der Waals surface area contributed by atoms with Gasteiger partial charge in [0.15, 0.2) is 0 Å². The highest BCUT2D eigenvalue weighted by atomic mass is 32.1. The summed E-state index contributed by atoms with van der Waals surface area (Å²) in [6.07, 6.45) is 2.29. The zero-order chi connectivity index (χ0) is 15.9. The highest BCUT2D eigenvalue weighted by molar-refractivity contribution is 7.10. The van der Waals surface area contributed by atoms with Gasteiger partial charge in [-0.1, -0.05) is 13.3 Å². The minimum atomic E-state index is -0.452.